The lowest BCUT2D eigenvalue weighted by atomic mass is 10.0. The lowest BCUT2D eigenvalue weighted by Crippen LogP contribution is -2.55. The van der Waals surface area contributed by atoms with Crippen molar-refractivity contribution in [1.82, 2.24) is 15.6 Å². The van der Waals surface area contributed by atoms with E-state index in [0.717, 1.165) is 22.0 Å². The van der Waals surface area contributed by atoms with E-state index in [1.807, 2.05) is 54.6 Å². The number of hydrogen-bond acceptors (Lipinski definition) is 5. The maximum atomic E-state index is 13.1. The number of aromatic nitrogens is 1. The number of para-hydroxylation sites is 1. The number of primary amides is 1. The molecule has 1 heterocycles. The highest BCUT2D eigenvalue weighted by molar-refractivity contribution is 5.93. The summed E-state index contributed by atoms with van der Waals surface area (Å²) in [5.41, 5.74) is 13.7. The average molecular weight is 480 g/mol. The summed E-state index contributed by atoms with van der Waals surface area (Å²) in [4.78, 5) is 51.8. The minimum atomic E-state index is -1.34. The predicted molar refractivity (Wildman–Crippen MR) is 130 cm³/mol. The highest BCUT2D eigenvalue weighted by atomic mass is 16.4. The van der Waals surface area contributed by atoms with Gasteiger partial charge in [-0.1, -0.05) is 48.5 Å². The summed E-state index contributed by atoms with van der Waals surface area (Å²) in [5.74, 6) is -3.23. The molecule has 0 fully saturated rings. The van der Waals surface area contributed by atoms with Crippen molar-refractivity contribution < 1.29 is 24.3 Å². The van der Waals surface area contributed by atoms with E-state index in [9.17, 15) is 24.3 Å². The molecule has 184 valence electrons. The third kappa shape index (κ3) is 7.15. The molecule has 10 heteroatoms. The second kappa shape index (κ2) is 11.8. The normalized spacial score (nSPS) is 13.5. The minimum absolute atomic E-state index is 0.0990. The first-order chi connectivity index (χ1) is 16.7. The molecule has 10 nitrogen and oxygen atoms in total. The van der Waals surface area contributed by atoms with Gasteiger partial charge in [0.05, 0.1) is 6.04 Å². The van der Waals surface area contributed by atoms with Gasteiger partial charge in [0, 0.05) is 29.9 Å². The van der Waals surface area contributed by atoms with Crippen molar-refractivity contribution in [3.8, 4) is 0 Å². The number of carboxylic acid groups (broad SMARTS) is 1. The fourth-order valence-electron chi connectivity index (χ4n) is 3.79. The monoisotopic (exact) mass is 479 g/mol. The summed E-state index contributed by atoms with van der Waals surface area (Å²) in [6.07, 6.45) is 1.73. The highest BCUT2D eigenvalue weighted by Gasteiger charge is 2.29. The number of benzene rings is 2. The van der Waals surface area contributed by atoms with Crippen LogP contribution in [0.1, 0.15) is 24.0 Å². The van der Waals surface area contributed by atoms with E-state index in [1.54, 1.807) is 6.20 Å². The standard InChI is InChI=1S/C25H29N5O5/c26-18(12-15-6-2-1-3-7-15)23(32)30-21(13-16-14-28-19-9-5-4-8-17(16)19)24(33)29-20(25(34)35)10-11-22(27)31/h1-9,14,18,20-21,28H,10-13,26H2,(H2,27,31)(H,29,33)(H,30,32)(H,34,35). The number of fused-ring (bicyclic) bond motifs is 1. The van der Waals surface area contributed by atoms with Crippen molar-refractivity contribution >= 4 is 34.6 Å². The molecule has 35 heavy (non-hydrogen) atoms. The summed E-state index contributed by atoms with van der Waals surface area (Å²) in [7, 11) is 0. The number of aliphatic carboxylic acids is 1. The lowest BCUT2D eigenvalue weighted by Gasteiger charge is -2.23. The first-order valence-corrected chi connectivity index (χ1v) is 11.2. The van der Waals surface area contributed by atoms with Crippen LogP contribution in [0.5, 0.6) is 0 Å². The highest BCUT2D eigenvalue weighted by Crippen LogP contribution is 2.19. The van der Waals surface area contributed by atoms with Crippen molar-refractivity contribution in [3.63, 3.8) is 0 Å². The number of hydrogen-bond donors (Lipinski definition) is 6. The van der Waals surface area contributed by atoms with E-state index < -0.39 is 41.8 Å². The zero-order valence-corrected chi connectivity index (χ0v) is 19.1. The largest absolute Gasteiger partial charge is 0.480 e. The zero-order valence-electron chi connectivity index (χ0n) is 19.1. The number of H-pyrrole nitrogens is 1. The Morgan fingerprint density at radius 1 is 0.886 bits per heavy atom. The third-order valence-electron chi connectivity index (χ3n) is 5.66. The molecule has 3 atom stereocenters. The molecule has 0 saturated heterocycles. The average Bonchev–Trinajstić information content (AvgIpc) is 3.24. The molecule has 0 aliphatic rings. The SMILES string of the molecule is NC(=O)CCC(NC(=O)C(Cc1c[nH]c2ccccc12)NC(=O)C(N)Cc1ccccc1)C(=O)O. The molecule has 3 amide bonds. The molecule has 0 spiro atoms. The van der Waals surface area contributed by atoms with Gasteiger partial charge in [0.1, 0.15) is 12.1 Å². The van der Waals surface area contributed by atoms with Crippen LogP contribution in [0.2, 0.25) is 0 Å². The van der Waals surface area contributed by atoms with Crippen LogP contribution in [0.15, 0.2) is 60.8 Å². The summed E-state index contributed by atoms with van der Waals surface area (Å²) < 4.78 is 0. The van der Waals surface area contributed by atoms with E-state index in [4.69, 9.17) is 11.5 Å². The van der Waals surface area contributed by atoms with Crippen LogP contribution in [-0.4, -0.2) is 51.9 Å². The first-order valence-electron chi connectivity index (χ1n) is 11.2. The smallest absolute Gasteiger partial charge is 0.326 e. The molecule has 0 bridgehead atoms. The maximum absolute atomic E-state index is 13.1. The summed E-state index contributed by atoms with van der Waals surface area (Å²) in [6.45, 7) is 0. The molecule has 2 aromatic carbocycles. The number of carbonyl (C=O) groups is 4. The Bertz CT molecular complexity index is 1190. The van der Waals surface area contributed by atoms with Gasteiger partial charge in [0.2, 0.25) is 17.7 Å². The Kier molecular flexibility index (Phi) is 8.58. The second-order valence-electron chi connectivity index (χ2n) is 8.33. The Morgan fingerprint density at radius 2 is 1.54 bits per heavy atom. The van der Waals surface area contributed by atoms with Gasteiger partial charge in [-0.05, 0) is 30.0 Å². The van der Waals surface area contributed by atoms with E-state index >= 15 is 0 Å². The van der Waals surface area contributed by atoms with Gasteiger partial charge in [0.25, 0.3) is 0 Å². The van der Waals surface area contributed by atoms with Crippen molar-refractivity contribution in [2.75, 3.05) is 0 Å². The van der Waals surface area contributed by atoms with Gasteiger partial charge in [0.15, 0.2) is 0 Å². The fourth-order valence-corrected chi connectivity index (χ4v) is 3.79. The number of carbonyl (C=O) groups excluding carboxylic acids is 3. The van der Waals surface area contributed by atoms with Gasteiger partial charge in [-0.2, -0.15) is 0 Å². The van der Waals surface area contributed by atoms with Gasteiger partial charge >= 0.3 is 5.97 Å². The number of amides is 3. The van der Waals surface area contributed by atoms with E-state index in [0.29, 0.717) is 0 Å². The third-order valence-corrected chi connectivity index (χ3v) is 5.66. The topological polar surface area (TPSA) is 180 Å². The van der Waals surface area contributed by atoms with Crippen molar-refractivity contribution in [1.29, 1.82) is 0 Å². The number of nitrogens with two attached hydrogens (primary N) is 2. The van der Waals surface area contributed by atoms with Crippen LogP contribution in [0.25, 0.3) is 10.9 Å². The van der Waals surface area contributed by atoms with Crippen LogP contribution in [0.4, 0.5) is 0 Å². The van der Waals surface area contributed by atoms with Crippen LogP contribution in [-0.2, 0) is 32.0 Å². The van der Waals surface area contributed by atoms with Gasteiger partial charge < -0.3 is 32.2 Å². The maximum Gasteiger partial charge on any atom is 0.326 e. The minimum Gasteiger partial charge on any atom is -0.480 e. The summed E-state index contributed by atoms with van der Waals surface area (Å²) in [6, 6.07) is 13.4. The number of aromatic amines is 1. The summed E-state index contributed by atoms with van der Waals surface area (Å²) in [5, 5.41) is 15.4. The number of carboxylic acids is 1. The molecule has 1 aromatic heterocycles. The van der Waals surface area contributed by atoms with Crippen LogP contribution in [0, 0.1) is 0 Å². The number of rotatable bonds is 12. The van der Waals surface area contributed by atoms with E-state index in [1.165, 1.54) is 0 Å². The molecular formula is C25H29N5O5. The van der Waals surface area contributed by atoms with E-state index in [-0.39, 0.29) is 25.7 Å². The van der Waals surface area contributed by atoms with E-state index in [2.05, 4.69) is 15.6 Å². The van der Waals surface area contributed by atoms with Gasteiger partial charge in [-0.25, -0.2) is 4.79 Å². The Balaban J connectivity index is 1.78. The molecule has 3 unspecified atom stereocenters. The number of nitrogens with one attached hydrogen (secondary N) is 3. The van der Waals surface area contributed by atoms with Crippen molar-refractivity contribution in [2.45, 2.75) is 43.8 Å². The molecule has 0 aliphatic carbocycles. The Hall–Kier alpha value is -4.18. The first kappa shape index (κ1) is 25.4. The molecule has 0 saturated carbocycles. The Morgan fingerprint density at radius 3 is 2.23 bits per heavy atom. The molecular weight excluding hydrogens is 450 g/mol. The van der Waals surface area contributed by atoms with Gasteiger partial charge in [-0.15, -0.1) is 0 Å². The zero-order chi connectivity index (χ0) is 25.4. The van der Waals surface area contributed by atoms with Crippen molar-refractivity contribution in [2.24, 2.45) is 11.5 Å². The molecule has 0 radical (unpaired) electrons. The Labute approximate surface area is 202 Å². The lowest BCUT2D eigenvalue weighted by molar-refractivity contribution is -0.142. The molecule has 3 rings (SSSR count). The fraction of sp³-hybridized carbons (Fsp3) is 0.280. The van der Waals surface area contributed by atoms with Crippen LogP contribution >= 0.6 is 0 Å². The van der Waals surface area contributed by atoms with Crippen molar-refractivity contribution in [3.05, 3.63) is 71.9 Å². The van der Waals surface area contributed by atoms with Gasteiger partial charge in [-0.3, -0.25) is 14.4 Å². The molecule has 8 N–H and O–H groups in total. The van der Waals surface area contributed by atoms with Crippen LogP contribution in [0.3, 0.4) is 0 Å². The molecule has 0 aliphatic heterocycles. The second-order valence-corrected chi connectivity index (χ2v) is 8.33. The van der Waals surface area contributed by atoms with Crippen LogP contribution < -0.4 is 22.1 Å². The summed E-state index contributed by atoms with van der Waals surface area (Å²) >= 11 is 0. The predicted octanol–water partition coefficient (Wildman–Crippen LogP) is 0.600. The quantitative estimate of drug-likeness (QED) is 0.221. The molecule has 3 aromatic rings.